The minimum Gasteiger partial charge on any atom is -0.497 e. The van der Waals surface area contributed by atoms with Crippen LogP contribution in [0.15, 0.2) is 91.0 Å². The van der Waals surface area contributed by atoms with Gasteiger partial charge in [0.25, 0.3) is 0 Å². The number of ether oxygens (including phenoxy) is 2. The molecule has 1 aromatic heterocycles. The molecule has 8 rings (SSSR count). The predicted molar refractivity (Wildman–Crippen MR) is 224 cm³/mol. The lowest BCUT2D eigenvalue weighted by Gasteiger charge is -2.29. The second-order valence-electron chi connectivity index (χ2n) is 17.5. The van der Waals surface area contributed by atoms with Crippen molar-refractivity contribution in [3.63, 3.8) is 0 Å². The number of carbonyl (C=O) groups is 3. The number of fused-ring (bicyclic) bond motifs is 3. The Morgan fingerprint density at radius 2 is 1.78 bits per heavy atom. The van der Waals surface area contributed by atoms with Crippen LogP contribution in [0.1, 0.15) is 83.6 Å². The van der Waals surface area contributed by atoms with Crippen LogP contribution in [0.4, 0.5) is 4.39 Å². The molecule has 0 spiro atoms. The number of amides is 2. The van der Waals surface area contributed by atoms with E-state index in [-0.39, 0.29) is 36.9 Å². The lowest BCUT2D eigenvalue weighted by Crippen LogP contribution is -2.47. The lowest BCUT2D eigenvalue weighted by molar-refractivity contribution is -0.142. The van der Waals surface area contributed by atoms with Gasteiger partial charge in [0, 0.05) is 47.3 Å². The van der Waals surface area contributed by atoms with E-state index in [2.05, 4.69) is 4.72 Å². The topological polar surface area (TPSA) is 132 Å². The van der Waals surface area contributed by atoms with Gasteiger partial charge in [-0.1, -0.05) is 74.4 Å². The molecule has 3 heterocycles. The van der Waals surface area contributed by atoms with E-state index < -0.39 is 49.6 Å². The van der Waals surface area contributed by atoms with Crippen LogP contribution in [0.2, 0.25) is 0 Å². The van der Waals surface area contributed by atoms with Gasteiger partial charge in [-0.15, -0.1) is 0 Å². The Bertz CT molecular complexity index is 2420. The van der Waals surface area contributed by atoms with Crippen molar-refractivity contribution in [1.82, 2.24) is 14.6 Å². The maximum Gasteiger partial charge on any atom is 0.241 e. The molecule has 2 saturated carbocycles. The van der Waals surface area contributed by atoms with E-state index in [9.17, 15) is 27.2 Å². The van der Waals surface area contributed by atoms with Crippen molar-refractivity contribution in [3.8, 4) is 22.8 Å². The largest absolute Gasteiger partial charge is 0.497 e. The minimum atomic E-state index is -3.97. The highest BCUT2D eigenvalue weighted by molar-refractivity contribution is 7.91. The standard InChI is InChI=1S/C47H52FN3O7S/c1-45-20-11-6-4-5-8-16-33(23-31-13-12-17-34(48)24-31)43(53)51-29-36(26-40(51)41(52)28-47(45,30-45)44(54)50-59(55,56)46(2)21-22-46)58-42-27-38(32-14-9-7-10-15-32)49-39-25-35(57-3)18-19-37(39)42/h7,9-15,17-20,24-25,27,33,36,40H,4-6,8,16,21-23,26,28-30H2,1-3H3,(H,50,54)/b20-11-/t33-,36-,40+,45?,47-/m1/s1. The average molecular weight is 822 g/mol. The summed E-state index contributed by atoms with van der Waals surface area (Å²) >= 11 is 0. The highest BCUT2D eigenvalue weighted by Gasteiger charge is 2.69. The van der Waals surface area contributed by atoms with Crippen LogP contribution in [0, 0.1) is 22.6 Å². The van der Waals surface area contributed by atoms with Crippen LogP contribution < -0.4 is 14.2 Å². The van der Waals surface area contributed by atoms with E-state index in [0.29, 0.717) is 60.4 Å². The first-order valence-electron chi connectivity index (χ1n) is 20.8. The second-order valence-corrected chi connectivity index (χ2v) is 19.7. The van der Waals surface area contributed by atoms with Gasteiger partial charge in [-0.05, 0) is 81.7 Å². The number of sulfonamides is 1. The van der Waals surface area contributed by atoms with Crippen LogP contribution in [-0.4, -0.2) is 66.4 Å². The summed E-state index contributed by atoms with van der Waals surface area (Å²) in [6.07, 6.45) is 8.65. The maximum atomic E-state index is 14.9. The first-order chi connectivity index (χ1) is 28.2. The van der Waals surface area contributed by atoms with Gasteiger partial charge in [-0.2, -0.15) is 0 Å². The third-order valence-electron chi connectivity index (χ3n) is 13.3. The Morgan fingerprint density at radius 1 is 0.983 bits per heavy atom. The molecule has 1 saturated heterocycles. The van der Waals surface area contributed by atoms with Gasteiger partial charge >= 0.3 is 0 Å². The van der Waals surface area contributed by atoms with Crippen molar-refractivity contribution in [2.24, 2.45) is 16.7 Å². The molecule has 59 heavy (non-hydrogen) atoms. The number of Topliss-reactive ketones (excluding diaryl/α,β-unsaturated/α-hetero) is 1. The number of carbonyl (C=O) groups excluding carboxylic acids is 3. The zero-order valence-corrected chi connectivity index (χ0v) is 34.7. The van der Waals surface area contributed by atoms with Crippen molar-refractivity contribution in [3.05, 3.63) is 102 Å². The number of hydrogen-bond donors (Lipinski definition) is 1. The number of benzene rings is 3. The number of nitrogens with zero attached hydrogens (tertiary/aromatic N) is 2. The van der Waals surface area contributed by atoms with Crippen molar-refractivity contribution < 1.29 is 36.7 Å². The fraction of sp³-hybridized carbons (Fsp3) is 0.447. The number of halogens is 1. The Labute approximate surface area is 345 Å². The van der Waals surface area contributed by atoms with Gasteiger partial charge in [0.1, 0.15) is 23.4 Å². The number of methoxy groups -OCH3 is 1. The average Bonchev–Trinajstić information content (AvgIpc) is 4.06. The van der Waals surface area contributed by atoms with Crippen LogP contribution in [0.3, 0.4) is 0 Å². The molecule has 0 bridgehead atoms. The molecule has 3 aromatic carbocycles. The summed E-state index contributed by atoms with van der Waals surface area (Å²) in [7, 11) is -2.38. The predicted octanol–water partition coefficient (Wildman–Crippen LogP) is 8.13. The third kappa shape index (κ3) is 8.12. The van der Waals surface area contributed by atoms with E-state index in [1.54, 1.807) is 25.0 Å². The molecule has 2 aliphatic carbocycles. The molecule has 10 nitrogen and oxygen atoms in total. The highest BCUT2D eigenvalue weighted by atomic mass is 32.2. The van der Waals surface area contributed by atoms with Crippen molar-refractivity contribution in [2.75, 3.05) is 13.7 Å². The van der Waals surface area contributed by atoms with Gasteiger partial charge in [-0.3, -0.25) is 19.1 Å². The first-order valence-corrected chi connectivity index (χ1v) is 22.2. The van der Waals surface area contributed by atoms with Gasteiger partial charge in [0.05, 0.1) is 41.1 Å². The third-order valence-corrected chi connectivity index (χ3v) is 15.4. The SMILES string of the molecule is COc1ccc2c(O[C@@H]3C[C@H]4C(=O)C[C@]5(C(=O)NS(=O)(=O)C6(C)CC6)CC5(C)/C=C\CCCCC[C@H](Cc5cccc(F)c5)C(=O)N4C3)cc(-c3ccccc3)nc2c1. The summed E-state index contributed by atoms with van der Waals surface area (Å²) in [4.78, 5) is 50.6. The number of hydrogen-bond acceptors (Lipinski definition) is 8. The number of rotatable bonds is 9. The van der Waals surface area contributed by atoms with Crippen molar-refractivity contribution >= 4 is 38.5 Å². The van der Waals surface area contributed by atoms with E-state index in [1.807, 2.05) is 79.7 Å². The Hall–Kier alpha value is -5.10. The molecule has 2 amide bonds. The Kier molecular flexibility index (Phi) is 10.9. The fourth-order valence-corrected chi connectivity index (χ4v) is 10.5. The Morgan fingerprint density at radius 3 is 2.53 bits per heavy atom. The summed E-state index contributed by atoms with van der Waals surface area (Å²) in [6.45, 7) is 3.65. The molecule has 3 fully saturated rings. The van der Waals surface area contributed by atoms with E-state index >= 15 is 0 Å². The number of pyridine rings is 1. The van der Waals surface area contributed by atoms with Crippen LogP contribution >= 0.6 is 0 Å². The van der Waals surface area contributed by atoms with Crippen LogP contribution in [-0.2, 0) is 30.8 Å². The number of aromatic nitrogens is 1. The minimum absolute atomic E-state index is 0.110. The zero-order valence-electron chi connectivity index (χ0n) is 33.9. The highest BCUT2D eigenvalue weighted by Crippen LogP contribution is 2.67. The number of nitrogens with one attached hydrogen (secondary N) is 1. The van der Waals surface area contributed by atoms with Crippen molar-refractivity contribution in [1.29, 1.82) is 0 Å². The summed E-state index contributed by atoms with van der Waals surface area (Å²) in [6, 6.07) is 22.5. The molecule has 310 valence electrons. The fourth-order valence-electron chi connectivity index (χ4n) is 9.13. The second kappa shape index (κ2) is 15.8. The Balaban J connectivity index is 1.15. The van der Waals surface area contributed by atoms with Gasteiger partial charge < -0.3 is 14.4 Å². The summed E-state index contributed by atoms with van der Waals surface area (Å²) < 4.78 is 54.9. The normalized spacial score (nSPS) is 27.5. The molecule has 4 aromatic rings. The summed E-state index contributed by atoms with van der Waals surface area (Å²) in [5, 5.41) is 0.735. The molecular formula is C47H52FN3O7S. The van der Waals surface area contributed by atoms with E-state index in [0.717, 1.165) is 36.6 Å². The van der Waals surface area contributed by atoms with Gasteiger partial charge in [0.15, 0.2) is 5.78 Å². The smallest absolute Gasteiger partial charge is 0.241 e. The zero-order chi connectivity index (χ0) is 41.6. The molecule has 4 aliphatic rings. The van der Waals surface area contributed by atoms with Gasteiger partial charge in [0.2, 0.25) is 21.8 Å². The van der Waals surface area contributed by atoms with E-state index in [4.69, 9.17) is 14.5 Å². The summed E-state index contributed by atoms with van der Waals surface area (Å²) in [5.74, 6) is -0.953. The quantitative estimate of drug-likeness (QED) is 0.168. The van der Waals surface area contributed by atoms with Gasteiger partial charge in [-0.25, -0.2) is 17.8 Å². The molecule has 0 radical (unpaired) electrons. The maximum absolute atomic E-state index is 14.9. The molecule has 5 atom stereocenters. The van der Waals surface area contributed by atoms with Crippen molar-refractivity contribution in [2.45, 2.75) is 101 Å². The molecule has 1 unspecified atom stereocenters. The molecular weight excluding hydrogens is 770 g/mol. The molecule has 2 aliphatic heterocycles. The molecule has 1 N–H and O–H groups in total. The van der Waals surface area contributed by atoms with E-state index in [1.165, 1.54) is 12.1 Å². The lowest BCUT2D eigenvalue weighted by atomic mass is 9.85. The number of allylic oxidation sites excluding steroid dienone is 2. The number of ketones is 1. The van der Waals surface area contributed by atoms with Crippen LogP contribution in [0.5, 0.6) is 11.5 Å². The summed E-state index contributed by atoms with van der Waals surface area (Å²) in [5.41, 5.74) is 0.857. The first kappa shape index (κ1) is 40.7. The molecule has 12 heteroatoms. The van der Waals surface area contributed by atoms with Crippen LogP contribution in [0.25, 0.3) is 22.2 Å². The monoisotopic (exact) mass is 821 g/mol.